The maximum atomic E-state index is 11.6. The summed E-state index contributed by atoms with van der Waals surface area (Å²) in [5, 5.41) is 0. The third-order valence-electron chi connectivity index (χ3n) is 1.16. The van der Waals surface area contributed by atoms with E-state index in [0.717, 1.165) is 0 Å². The number of alkyl halides is 2. The van der Waals surface area contributed by atoms with Crippen LogP contribution in [0, 0.1) is 0 Å². The number of nitrogens with one attached hydrogen (secondary N) is 1. The number of aromatic nitrogens is 2. The van der Waals surface area contributed by atoms with E-state index in [4.69, 9.17) is 0 Å². The Bertz CT molecular complexity index is 233. The monoisotopic (exact) mass is 160 g/mol. The SMILES string of the molecule is O=C(Cc1cnc[nH]1)C(F)F. The molecular weight excluding hydrogens is 154 g/mol. The summed E-state index contributed by atoms with van der Waals surface area (Å²) in [5.74, 6) is -1.09. The number of carbonyl (C=O) groups excluding carboxylic acids is 1. The van der Waals surface area contributed by atoms with Crippen molar-refractivity contribution >= 4 is 5.78 Å². The normalized spacial score (nSPS) is 10.5. The summed E-state index contributed by atoms with van der Waals surface area (Å²) in [7, 11) is 0. The van der Waals surface area contributed by atoms with Crippen LogP contribution in [-0.2, 0) is 11.2 Å². The lowest BCUT2D eigenvalue weighted by Crippen LogP contribution is -2.12. The van der Waals surface area contributed by atoms with E-state index in [2.05, 4.69) is 9.97 Å². The quantitative estimate of drug-likeness (QED) is 0.710. The van der Waals surface area contributed by atoms with Gasteiger partial charge in [0.1, 0.15) is 0 Å². The smallest absolute Gasteiger partial charge is 0.296 e. The van der Waals surface area contributed by atoms with Crippen molar-refractivity contribution in [1.29, 1.82) is 0 Å². The lowest BCUT2D eigenvalue weighted by molar-refractivity contribution is -0.128. The molecule has 1 heterocycles. The number of rotatable bonds is 3. The van der Waals surface area contributed by atoms with Crippen molar-refractivity contribution < 1.29 is 13.6 Å². The van der Waals surface area contributed by atoms with E-state index in [1.807, 2.05) is 0 Å². The highest BCUT2D eigenvalue weighted by Crippen LogP contribution is 2.00. The van der Waals surface area contributed by atoms with E-state index in [1.54, 1.807) is 0 Å². The third kappa shape index (κ3) is 2.10. The summed E-state index contributed by atoms with van der Waals surface area (Å²) in [5.41, 5.74) is 0.412. The fourth-order valence-corrected chi connectivity index (χ4v) is 0.646. The van der Waals surface area contributed by atoms with Gasteiger partial charge in [-0.2, -0.15) is 0 Å². The minimum absolute atomic E-state index is 0.280. The minimum Gasteiger partial charge on any atom is -0.348 e. The van der Waals surface area contributed by atoms with Gasteiger partial charge < -0.3 is 4.98 Å². The van der Waals surface area contributed by atoms with E-state index in [1.165, 1.54) is 12.5 Å². The molecule has 0 aromatic carbocycles. The van der Waals surface area contributed by atoms with Gasteiger partial charge in [0, 0.05) is 11.9 Å². The number of hydrogen-bond donors (Lipinski definition) is 1. The highest BCUT2D eigenvalue weighted by atomic mass is 19.3. The maximum Gasteiger partial charge on any atom is 0.296 e. The van der Waals surface area contributed by atoms with E-state index < -0.39 is 12.2 Å². The summed E-state index contributed by atoms with van der Waals surface area (Å²) >= 11 is 0. The molecule has 3 nitrogen and oxygen atoms in total. The van der Waals surface area contributed by atoms with Crippen LogP contribution in [0.4, 0.5) is 8.78 Å². The van der Waals surface area contributed by atoms with Crippen molar-refractivity contribution in [3.63, 3.8) is 0 Å². The first-order valence-electron chi connectivity index (χ1n) is 2.98. The minimum atomic E-state index is -2.89. The standard InChI is InChI=1S/C6H6F2N2O/c7-6(8)5(11)1-4-2-9-3-10-4/h2-3,6H,1H2,(H,9,10). The Morgan fingerprint density at radius 3 is 2.91 bits per heavy atom. The van der Waals surface area contributed by atoms with Crippen LogP contribution in [0.2, 0.25) is 0 Å². The average Bonchev–Trinajstić information content (AvgIpc) is 2.39. The molecule has 5 heteroatoms. The first-order valence-corrected chi connectivity index (χ1v) is 2.98. The van der Waals surface area contributed by atoms with Crippen LogP contribution < -0.4 is 0 Å². The molecule has 0 unspecified atom stereocenters. The van der Waals surface area contributed by atoms with E-state index in [0.29, 0.717) is 5.69 Å². The number of Topliss-reactive ketones (excluding diaryl/α,β-unsaturated/α-hetero) is 1. The molecule has 0 bridgehead atoms. The number of carbonyl (C=O) groups is 1. The number of imidazole rings is 1. The Morgan fingerprint density at radius 1 is 1.73 bits per heavy atom. The molecule has 1 rings (SSSR count). The zero-order valence-corrected chi connectivity index (χ0v) is 5.55. The van der Waals surface area contributed by atoms with Gasteiger partial charge in [0.25, 0.3) is 6.43 Å². The topological polar surface area (TPSA) is 45.8 Å². The largest absolute Gasteiger partial charge is 0.348 e. The first-order chi connectivity index (χ1) is 5.20. The first kappa shape index (κ1) is 7.84. The van der Waals surface area contributed by atoms with Crippen molar-refractivity contribution in [3.8, 4) is 0 Å². The van der Waals surface area contributed by atoms with Gasteiger partial charge in [0.2, 0.25) is 5.78 Å². The molecule has 0 aliphatic rings. The van der Waals surface area contributed by atoms with Crippen LogP contribution in [0.5, 0.6) is 0 Å². The van der Waals surface area contributed by atoms with Crippen molar-refractivity contribution in [2.45, 2.75) is 12.8 Å². The molecule has 1 N–H and O–H groups in total. The zero-order valence-electron chi connectivity index (χ0n) is 5.55. The van der Waals surface area contributed by atoms with Crippen LogP contribution in [0.25, 0.3) is 0 Å². The molecule has 1 aromatic rings. The molecule has 60 valence electrons. The van der Waals surface area contributed by atoms with Crippen LogP contribution >= 0.6 is 0 Å². The predicted molar refractivity (Wildman–Crippen MR) is 33.3 cm³/mol. The Balaban J connectivity index is 2.50. The van der Waals surface area contributed by atoms with Crippen LogP contribution in [-0.4, -0.2) is 22.2 Å². The van der Waals surface area contributed by atoms with Gasteiger partial charge in [0.05, 0.1) is 12.7 Å². The Morgan fingerprint density at radius 2 is 2.45 bits per heavy atom. The van der Waals surface area contributed by atoms with Crippen molar-refractivity contribution in [3.05, 3.63) is 18.2 Å². The van der Waals surface area contributed by atoms with Crippen LogP contribution in [0.1, 0.15) is 5.69 Å². The maximum absolute atomic E-state index is 11.6. The molecule has 0 fully saturated rings. The van der Waals surface area contributed by atoms with E-state index in [9.17, 15) is 13.6 Å². The van der Waals surface area contributed by atoms with Crippen LogP contribution in [0.15, 0.2) is 12.5 Å². The Labute approximate surface area is 61.4 Å². The zero-order chi connectivity index (χ0) is 8.27. The molecule has 11 heavy (non-hydrogen) atoms. The molecular formula is C6H6F2N2O. The molecule has 0 atom stereocenters. The lowest BCUT2D eigenvalue weighted by Gasteiger charge is -1.94. The number of halogens is 2. The highest BCUT2D eigenvalue weighted by molar-refractivity contribution is 5.83. The second kappa shape index (κ2) is 3.23. The van der Waals surface area contributed by atoms with Gasteiger partial charge in [-0.15, -0.1) is 0 Å². The highest BCUT2D eigenvalue weighted by Gasteiger charge is 2.15. The number of aromatic amines is 1. The Kier molecular flexibility index (Phi) is 2.30. The van der Waals surface area contributed by atoms with Gasteiger partial charge in [-0.25, -0.2) is 13.8 Å². The molecule has 0 radical (unpaired) electrons. The van der Waals surface area contributed by atoms with Crippen molar-refractivity contribution in [1.82, 2.24) is 9.97 Å². The molecule has 0 amide bonds. The van der Waals surface area contributed by atoms with Gasteiger partial charge in [0.15, 0.2) is 0 Å². The summed E-state index contributed by atoms with van der Waals surface area (Å²) in [6.07, 6.45) is -0.482. The second-order valence-corrected chi connectivity index (χ2v) is 2.02. The summed E-state index contributed by atoms with van der Waals surface area (Å²) in [4.78, 5) is 16.6. The van der Waals surface area contributed by atoms with E-state index >= 15 is 0 Å². The third-order valence-corrected chi connectivity index (χ3v) is 1.16. The fraction of sp³-hybridized carbons (Fsp3) is 0.333. The number of H-pyrrole nitrogens is 1. The van der Waals surface area contributed by atoms with Crippen molar-refractivity contribution in [2.75, 3.05) is 0 Å². The predicted octanol–water partition coefficient (Wildman–Crippen LogP) is 0.786. The summed E-state index contributed by atoms with van der Waals surface area (Å²) < 4.78 is 23.3. The van der Waals surface area contributed by atoms with Gasteiger partial charge in [-0.05, 0) is 0 Å². The second-order valence-electron chi connectivity index (χ2n) is 2.02. The number of ketones is 1. The van der Waals surface area contributed by atoms with Gasteiger partial charge in [-0.3, -0.25) is 4.79 Å². The van der Waals surface area contributed by atoms with Crippen molar-refractivity contribution in [2.24, 2.45) is 0 Å². The molecule has 0 aliphatic heterocycles. The van der Waals surface area contributed by atoms with Gasteiger partial charge in [-0.1, -0.05) is 0 Å². The molecule has 0 aliphatic carbocycles. The van der Waals surface area contributed by atoms with Gasteiger partial charge >= 0.3 is 0 Å². The van der Waals surface area contributed by atoms with Crippen LogP contribution in [0.3, 0.4) is 0 Å². The average molecular weight is 160 g/mol. The summed E-state index contributed by atoms with van der Waals surface area (Å²) in [6.45, 7) is 0. The fourth-order valence-electron chi connectivity index (χ4n) is 0.646. The number of hydrogen-bond acceptors (Lipinski definition) is 2. The molecule has 1 aromatic heterocycles. The molecule has 0 saturated heterocycles. The molecule has 0 spiro atoms. The van der Waals surface area contributed by atoms with E-state index in [-0.39, 0.29) is 6.42 Å². The molecule has 0 saturated carbocycles. The number of nitrogens with zero attached hydrogens (tertiary/aromatic N) is 1. The lowest BCUT2D eigenvalue weighted by atomic mass is 10.2. The Hall–Kier alpha value is -1.26. The summed E-state index contributed by atoms with van der Waals surface area (Å²) in [6, 6.07) is 0.